The summed E-state index contributed by atoms with van der Waals surface area (Å²) < 4.78 is 0. The number of carbonyl (C=O) groups excluding carboxylic acids is 1. The number of hydrogen-bond donors (Lipinski definition) is 5. The highest BCUT2D eigenvalue weighted by Gasteiger charge is 2.33. The van der Waals surface area contributed by atoms with Gasteiger partial charge in [-0.15, -0.1) is 0 Å². The molecular weight excluding hydrogens is 223 g/mol. The predicted octanol–water partition coefficient (Wildman–Crippen LogP) is -1.37. The van der Waals surface area contributed by atoms with Gasteiger partial charge in [-0.1, -0.05) is 13.8 Å². The molecule has 17 heavy (non-hydrogen) atoms. The van der Waals surface area contributed by atoms with Gasteiger partial charge >= 0.3 is 7.12 Å². The van der Waals surface area contributed by atoms with Crippen molar-refractivity contribution in [2.45, 2.75) is 51.7 Å². The van der Waals surface area contributed by atoms with Crippen molar-refractivity contribution >= 4 is 13.0 Å². The Balaban J connectivity index is 4.51. The Labute approximate surface area is 102 Å². The van der Waals surface area contributed by atoms with Gasteiger partial charge in [0.25, 0.3) is 0 Å². The van der Waals surface area contributed by atoms with Crippen molar-refractivity contribution in [3.63, 3.8) is 0 Å². The number of nitrogens with one attached hydrogen (secondary N) is 1. The van der Waals surface area contributed by atoms with Crippen LogP contribution in [0.3, 0.4) is 0 Å². The molecule has 0 saturated heterocycles. The molecule has 0 spiro atoms. The van der Waals surface area contributed by atoms with Gasteiger partial charge in [-0.05, 0) is 26.2 Å². The smallest absolute Gasteiger partial charge is 0.426 e. The molecule has 0 aromatic heterocycles. The first-order valence-electron chi connectivity index (χ1n) is 5.70. The molecule has 0 radical (unpaired) electrons. The second-order valence-electron chi connectivity index (χ2n) is 5.29. The second kappa shape index (κ2) is 6.35. The first-order valence-corrected chi connectivity index (χ1v) is 5.70. The van der Waals surface area contributed by atoms with E-state index in [2.05, 4.69) is 5.32 Å². The highest BCUT2D eigenvalue weighted by molar-refractivity contribution is 6.43. The molecule has 0 aliphatic rings. The Morgan fingerprint density at radius 1 is 1.41 bits per heavy atom. The molecule has 0 saturated carbocycles. The third-order valence-corrected chi connectivity index (χ3v) is 2.46. The zero-order valence-corrected chi connectivity index (χ0v) is 10.8. The molecule has 0 aromatic carbocycles. The minimum absolute atomic E-state index is 0.195. The minimum atomic E-state index is -1.64. The van der Waals surface area contributed by atoms with Crippen LogP contribution in [0.4, 0.5) is 0 Å². The van der Waals surface area contributed by atoms with E-state index in [9.17, 15) is 9.90 Å². The molecule has 0 unspecified atom stereocenters. The number of carbonyl (C=O) groups is 1. The van der Waals surface area contributed by atoms with Crippen LogP contribution >= 0.6 is 0 Å². The summed E-state index contributed by atoms with van der Waals surface area (Å²) >= 11 is 0. The number of hydrogen-bond acceptors (Lipinski definition) is 5. The molecule has 7 heteroatoms. The fourth-order valence-corrected chi connectivity index (χ4v) is 1.36. The maximum absolute atomic E-state index is 11.7. The quantitative estimate of drug-likeness (QED) is 0.371. The average Bonchev–Trinajstić information content (AvgIpc) is 2.13. The Bertz CT molecular complexity index is 253. The van der Waals surface area contributed by atoms with Crippen molar-refractivity contribution in [2.75, 3.05) is 0 Å². The standard InChI is InChI=1S/C10H23BN2O4/c1-6(2)5-7(11(16)17)13-9(14)8(12)10(3,4)15/h6-8,15-17H,5,12H2,1-4H3,(H,13,14)/t7-,8+/m0/s1. The minimum Gasteiger partial charge on any atom is -0.426 e. The predicted molar refractivity (Wildman–Crippen MR) is 65.9 cm³/mol. The van der Waals surface area contributed by atoms with E-state index in [0.29, 0.717) is 6.42 Å². The zero-order chi connectivity index (χ0) is 13.8. The average molecular weight is 246 g/mol. The molecule has 6 nitrogen and oxygen atoms in total. The lowest BCUT2D eigenvalue weighted by molar-refractivity contribution is -0.127. The molecular formula is C10H23BN2O4. The lowest BCUT2D eigenvalue weighted by Crippen LogP contribution is -2.58. The Kier molecular flexibility index (Phi) is 6.11. The summed E-state index contributed by atoms with van der Waals surface area (Å²) in [6.45, 7) is 6.64. The van der Waals surface area contributed by atoms with Crippen molar-refractivity contribution in [3.8, 4) is 0 Å². The van der Waals surface area contributed by atoms with Crippen molar-refractivity contribution in [3.05, 3.63) is 0 Å². The number of rotatable bonds is 6. The van der Waals surface area contributed by atoms with Gasteiger partial charge in [0.2, 0.25) is 5.91 Å². The highest BCUT2D eigenvalue weighted by Crippen LogP contribution is 2.09. The number of amides is 1. The van der Waals surface area contributed by atoms with Crippen LogP contribution in [0, 0.1) is 5.92 Å². The topological polar surface area (TPSA) is 116 Å². The van der Waals surface area contributed by atoms with Gasteiger partial charge in [-0.25, -0.2) is 0 Å². The molecule has 100 valence electrons. The van der Waals surface area contributed by atoms with Crippen LogP contribution in [0.5, 0.6) is 0 Å². The molecule has 6 N–H and O–H groups in total. The molecule has 0 rings (SSSR count). The van der Waals surface area contributed by atoms with Gasteiger partial charge in [-0.2, -0.15) is 0 Å². The number of nitrogens with two attached hydrogens (primary N) is 1. The normalized spacial score (nSPS) is 15.6. The van der Waals surface area contributed by atoms with E-state index in [4.69, 9.17) is 15.8 Å². The van der Waals surface area contributed by atoms with Gasteiger partial charge in [0.1, 0.15) is 6.04 Å². The first-order chi connectivity index (χ1) is 7.55. The van der Waals surface area contributed by atoms with Crippen LogP contribution in [0.15, 0.2) is 0 Å². The molecule has 0 aliphatic carbocycles. The van der Waals surface area contributed by atoms with Crippen LogP contribution < -0.4 is 11.1 Å². The molecule has 2 atom stereocenters. The van der Waals surface area contributed by atoms with E-state index in [0.717, 1.165) is 0 Å². The summed E-state index contributed by atoms with van der Waals surface area (Å²) in [4.78, 5) is 11.7. The van der Waals surface area contributed by atoms with Gasteiger partial charge in [0.15, 0.2) is 0 Å². The van der Waals surface area contributed by atoms with E-state index >= 15 is 0 Å². The zero-order valence-electron chi connectivity index (χ0n) is 10.8. The largest absolute Gasteiger partial charge is 0.475 e. The van der Waals surface area contributed by atoms with Crippen LogP contribution in [-0.4, -0.2) is 45.8 Å². The maximum Gasteiger partial charge on any atom is 0.475 e. The number of aliphatic hydroxyl groups is 1. The lowest BCUT2D eigenvalue weighted by atomic mass is 9.74. The van der Waals surface area contributed by atoms with Crippen molar-refractivity contribution in [1.29, 1.82) is 0 Å². The molecule has 0 bridgehead atoms. The fraction of sp³-hybridized carbons (Fsp3) is 0.900. The molecule has 0 aromatic rings. The SMILES string of the molecule is CC(C)C[C@H](NC(=O)[C@@H](N)C(C)(C)O)B(O)O. The first kappa shape index (κ1) is 16.4. The summed E-state index contributed by atoms with van der Waals surface area (Å²) in [5.41, 5.74) is 4.19. The maximum atomic E-state index is 11.7. The summed E-state index contributed by atoms with van der Waals surface area (Å²) in [7, 11) is -1.64. The van der Waals surface area contributed by atoms with E-state index in [1.54, 1.807) is 0 Å². The highest BCUT2D eigenvalue weighted by atomic mass is 16.4. The van der Waals surface area contributed by atoms with Crippen molar-refractivity contribution in [1.82, 2.24) is 5.32 Å². The van der Waals surface area contributed by atoms with E-state index in [1.807, 2.05) is 13.8 Å². The monoisotopic (exact) mass is 246 g/mol. The van der Waals surface area contributed by atoms with E-state index < -0.39 is 30.6 Å². The molecule has 0 fully saturated rings. The van der Waals surface area contributed by atoms with Crippen LogP contribution in [-0.2, 0) is 4.79 Å². The Morgan fingerprint density at radius 2 is 1.88 bits per heavy atom. The molecule has 0 aliphatic heterocycles. The third kappa shape index (κ3) is 6.02. The molecule has 1 amide bonds. The van der Waals surface area contributed by atoms with Crippen molar-refractivity contribution in [2.24, 2.45) is 11.7 Å². The Hall–Kier alpha value is -0.625. The lowest BCUT2D eigenvalue weighted by Gasteiger charge is -2.27. The summed E-state index contributed by atoms with van der Waals surface area (Å²) in [6.07, 6.45) is 0.419. The van der Waals surface area contributed by atoms with Gasteiger partial charge in [0.05, 0.1) is 11.5 Å². The second-order valence-corrected chi connectivity index (χ2v) is 5.29. The summed E-state index contributed by atoms with van der Waals surface area (Å²) in [5, 5.41) is 30.3. The summed E-state index contributed by atoms with van der Waals surface area (Å²) in [6, 6.07) is -1.11. The fourth-order valence-electron chi connectivity index (χ4n) is 1.36. The Morgan fingerprint density at radius 3 is 2.18 bits per heavy atom. The van der Waals surface area contributed by atoms with Gasteiger partial charge in [-0.3, -0.25) is 4.79 Å². The van der Waals surface area contributed by atoms with Crippen molar-refractivity contribution < 1.29 is 19.9 Å². The third-order valence-electron chi connectivity index (χ3n) is 2.46. The van der Waals surface area contributed by atoms with E-state index in [-0.39, 0.29) is 5.92 Å². The molecule has 0 heterocycles. The van der Waals surface area contributed by atoms with Crippen LogP contribution in [0.2, 0.25) is 0 Å². The van der Waals surface area contributed by atoms with E-state index in [1.165, 1.54) is 13.8 Å². The van der Waals surface area contributed by atoms with Crippen LogP contribution in [0.1, 0.15) is 34.1 Å². The van der Waals surface area contributed by atoms with Crippen LogP contribution in [0.25, 0.3) is 0 Å². The summed E-state index contributed by atoms with van der Waals surface area (Å²) in [5.74, 6) is -1.19. The van der Waals surface area contributed by atoms with Gasteiger partial charge in [0, 0.05) is 0 Å². The van der Waals surface area contributed by atoms with Gasteiger partial charge < -0.3 is 26.2 Å².